The Hall–Kier alpha value is -2.09. The van der Waals surface area contributed by atoms with Crippen LogP contribution in [0.2, 0.25) is 0 Å². The number of fused-ring (bicyclic) bond motifs is 1. The zero-order chi connectivity index (χ0) is 14.2. The maximum atomic E-state index is 5.89. The molecule has 2 aromatic carbocycles. The number of rotatable bonds is 3. The summed E-state index contributed by atoms with van der Waals surface area (Å²) in [7, 11) is 0. The third-order valence-corrected chi connectivity index (χ3v) is 4.08. The molecule has 20 heavy (non-hydrogen) atoms. The molecule has 0 fully saturated rings. The van der Waals surface area contributed by atoms with Crippen LogP contribution in [-0.4, -0.2) is 5.71 Å². The molecule has 0 amide bonds. The van der Waals surface area contributed by atoms with Gasteiger partial charge in [0.2, 0.25) is 0 Å². The van der Waals surface area contributed by atoms with Crippen LogP contribution in [0.4, 0.5) is 5.69 Å². The van der Waals surface area contributed by atoms with Gasteiger partial charge in [-0.2, -0.15) is 0 Å². The van der Waals surface area contributed by atoms with Crippen LogP contribution in [0, 0.1) is 0 Å². The maximum absolute atomic E-state index is 5.89. The molecule has 0 saturated carbocycles. The van der Waals surface area contributed by atoms with E-state index in [1.807, 2.05) is 30.3 Å². The highest BCUT2D eigenvalue weighted by Gasteiger charge is 2.32. The third-order valence-electron chi connectivity index (χ3n) is 4.08. The van der Waals surface area contributed by atoms with Crippen molar-refractivity contribution in [2.75, 3.05) is 0 Å². The van der Waals surface area contributed by atoms with Crippen LogP contribution in [0.25, 0.3) is 0 Å². The Bertz CT molecular complexity index is 656. The van der Waals surface area contributed by atoms with Crippen molar-refractivity contribution in [1.29, 1.82) is 0 Å². The van der Waals surface area contributed by atoms with E-state index in [0.717, 1.165) is 17.1 Å². The Morgan fingerprint density at radius 1 is 1.05 bits per heavy atom. The molecule has 0 unspecified atom stereocenters. The lowest BCUT2D eigenvalue weighted by molar-refractivity contribution is 0.305. The molecule has 2 nitrogen and oxygen atoms in total. The van der Waals surface area contributed by atoms with Crippen molar-refractivity contribution < 1.29 is 4.74 Å². The Labute approximate surface area is 120 Å². The van der Waals surface area contributed by atoms with Gasteiger partial charge in [0.05, 0.1) is 5.69 Å². The molecule has 2 heteroatoms. The molecule has 102 valence electrons. The van der Waals surface area contributed by atoms with E-state index in [1.54, 1.807) is 0 Å². The summed E-state index contributed by atoms with van der Waals surface area (Å²) in [5, 5.41) is 0. The van der Waals surface area contributed by atoms with Crippen LogP contribution in [-0.2, 0) is 12.0 Å². The van der Waals surface area contributed by atoms with Crippen LogP contribution >= 0.6 is 0 Å². The van der Waals surface area contributed by atoms with Crippen molar-refractivity contribution in [3.05, 3.63) is 59.7 Å². The van der Waals surface area contributed by atoms with E-state index in [1.165, 1.54) is 11.1 Å². The van der Waals surface area contributed by atoms with Crippen LogP contribution < -0.4 is 4.74 Å². The molecule has 0 N–H and O–H groups in total. The number of hydrogen-bond acceptors (Lipinski definition) is 2. The predicted molar refractivity (Wildman–Crippen MR) is 83.0 cm³/mol. The summed E-state index contributed by atoms with van der Waals surface area (Å²) in [5.41, 5.74) is 4.66. The number of ether oxygens (including phenoxy) is 1. The topological polar surface area (TPSA) is 21.6 Å². The number of nitrogens with zero attached hydrogens (tertiary/aromatic N) is 1. The zero-order valence-electron chi connectivity index (χ0n) is 12.2. The zero-order valence-corrected chi connectivity index (χ0v) is 12.2. The summed E-state index contributed by atoms with van der Waals surface area (Å²) in [6, 6.07) is 16.4. The monoisotopic (exact) mass is 265 g/mol. The van der Waals surface area contributed by atoms with Crippen molar-refractivity contribution in [2.45, 2.75) is 32.8 Å². The number of hydrogen-bond donors (Lipinski definition) is 0. The van der Waals surface area contributed by atoms with E-state index in [9.17, 15) is 0 Å². The lowest BCUT2D eigenvalue weighted by atomic mass is 9.82. The van der Waals surface area contributed by atoms with E-state index in [0.29, 0.717) is 6.61 Å². The first-order chi connectivity index (χ1) is 9.57. The van der Waals surface area contributed by atoms with Gasteiger partial charge in [-0.3, -0.25) is 4.99 Å². The maximum Gasteiger partial charge on any atom is 0.120 e. The van der Waals surface area contributed by atoms with E-state index in [-0.39, 0.29) is 5.41 Å². The Kier molecular flexibility index (Phi) is 3.09. The average Bonchev–Trinajstić information content (AvgIpc) is 2.68. The van der Waals surface area contributed by atoms with E-state index in [2.05, 4.69) is 44.0 Å². The molecule has 0 aromatic heterocycles. The summed E-state index contributed by atoms with van der Waals surface area (Å²) in [6.45, 7) is 7.10. The lowest BCUT2D eigenvalue weighted by Crippen LogP contribution is -2.22. The van der Waals surface area contributed by atoms with E-state index in [4.69, 9.17) is 4.74 Å². The molecule has 0 atom stereocenters. The molecule has 0 bridgehead atoms. The fourth-order valence-electron chi connectivity index (χ4n) is 2.46. The molecular formula is C18H19NO. The average molecular weight is 265 g/mol. The molecule has 0 spiro atoms. The van der Waals surface area contributed by atoms with Crippen LogP contribution in [0.1, 0.15) is 31.9 Å². The summed E-state index contributed by atoms with van der Waals surface area (Å²) >= 11 is 0. The molecule has 0 saturated heterocycles. The molecule has 1 aliphatic heterocycles. The Balaban J connectivity index is 1.80. The second kappa shape index (κ2) is 4.78. The fourth-order valence-corrected chi connectivity index (χ4v) is 2.46. The van der Waals surface area contributed by atoms with Crippen molar-refractivity contribution in [1.82, 2.24) is 0 Å². The molecule has 1 aliphatic rings. The van der Waals surface area contributed by atoms with Crippen molar-refractivity contribution in [3.63, 3.8) is 0 Å². The summed E-state index contributed by atoms with van der Waals surface area (Å²) in [6.07, 6.45) is 0. The van der Waals surface area contributed by atoms with Gasteiger partial charge in [-0.1, -0.05) is 44.2 Å². The predicted octanol–water partition coefficient (Wildman–Crippen LogP) is 4.65. The SMILES string of the molecule is CC1=Nc2ccc(OCc3ccccc3)cc2C1(C)C. The van der Waals surface area contributed by atoms with Gasteiger partial charge < -0.3 is 4.74 Å². The highest BCUT2D eigenvalue weighted by atomic mass is 16.5. The second-order valence-electron chi connectivity index (χ2n) is 5.78. The van der Waals surface area contributed by atoms with Gasteiger partial charge in [0.15, 0.2) is 0 Å². The summed E-state index contributed by atoms with van der Waals surface area (Å²) < 4.78 is 5.89. The van der Waals surface area contributed by atoms with Crippen molar-refractivity contribution in [3.8, 4) is 5.75 Å². The normalized spacial score (nSPS) is 15.7. The van der Waals surface area contributed by atoms with Crippen LogP contribution in [0.15, 0.2) is 53.5 Å². The Morgan fingerprint density at radius 2 is 1.80 bits per heavy atom. The molecule has 0 aliphatic carbocycles. The van der Waals surface area contributed by atoms with Gasteiger partial charge >= 0.3 is 0 Å². The minimum atomic E-state index is 0.00144. The lowest BCUT2D eigenvalue weighted by Gasteiger charge is -2.20. The van der Waals surface area contributed by atoms with Gasteiger partial charge in [-0.25, -0.2) is 0 Å². The fraction of sp³-hybridized carbons (Fsp3) is 0.278. The van der Waals surface area contributed by atoms with Gasteiger partial charge in [-0.05, 0) is 36.2 Å². The summed E-state index contributed by atoms with van der Waals surface area (Å²) in [5.74, 6) is 0.908. The minimum absolute atomic E-state index is 0.00144. The first kappa shape index (κ1) is 12.9. The Morgan fingerprint density at radius 3 is 2.55 bits per heavy atom. The summed E-state index contributed by atoms with van der Waals surface area (Å²) in [4.78, 5) is 4.63. The van der Waals surface area contributed by atoms with Gasteiger partial charge in [0.1, 0.15) is 12.4 Å². The molecule has 1 heterocycles. The first-order valence-corrected chi connectivity index (χ1v) is 6.94. The third kappa shape index (κ3) is 2.22. The van der Waals surface area contributed by atoms with Gasteiger partial charge in [0, 0.05) is 11.1 Å². The quantitative estimate of drug-likeness (QED) is 0.791. The molecular weight excluding hydrogens is 246 g/mol. The molecule has 0 radical (unpaired) electrons. The van der Waals surface area contributed by atoms with Gasteiger partial charge in [0.25, 0.3) is 0 Å². The first-order valence-electron chi connectivity index (χ1n) is 6.94. The van der Waals surface area contributed by atoms with E-state index < -0.39 is 0 Å². The number of benzene rings is 2. The van der Waals surface area contributed by atoms with Gasteiger partial charge in [-0.15, -0.1) is 0 Å². The smallest absolute Gasteiger partial charge is 0.120 e. The van der Waals surface area contributed by atoms with Crippen molar-refractivity contribution >= 4 is 11.4 Å². The van der Waals surface area contributed by atoms with E-state index >= 15 is 0 Å². The molecule has 2 aromatic rings. The standard InChI is InChI=1S/C18H19NO/c1-13-18(2,3)16-11-15(9-10-17(16)19-13)20-12-14-7-5-4-6-8-14/h4-11H,12H2,1-3H3. The number of aliphatic imine (C=N–C) groups is 1. The molecule has 3 rings (SSSR count). The highest BCUT2D eigenvalue weighted by molar-refractivity contribution is 5.99. The second-order valence-corrected chi connectivity index (χ2v) is 5.78. The van der Waals surface area contributed by atoms with Crippen LogP contribution in [0.3, 0.4) is 0 Å². The largest absolute Gasteiger partial charge is 0.489 e. The van der Waals surface area contributed by atoms with Crippen molar-refractivity contribution in [2.24, 2.45) is 4.99 Å². The minimum Gasteiger partial charge on any atom is -0.489 e. The van der Waals surface area contributed by atoms with Crippen LogP contribution in [0.5, 0.6) is 5.75 Å². The highest BCUT2D eigenvalue weighted by Crippen LogP contribution is 2.41.